The van der Waals surface area contributed by atoms with Crippen molar-refractivity contribution < 1.29 is 4.74 Å². The highest BCUT2D eigenvalue weighted by molar-refractivity contribution is 7.15. The third-order valence-electron chi connectivity index (χ3n) is 3.91. The van der Waals surface area contributed by atoms with E-state index in [-0.39, 0.29) is 0 Å². The highest BCUT2D eigenvalue weighted by atomic mass is 32.1. The van der Waals surface area contributed by atoms with Crippen molar-refractivity contribution >= 4 is 22.1 Å². The van der Waals surface area contributed by atoms with Crippen LogP contribution in [0.25, 0.3) is 4.96 Å². The first-order valence-corrected chi connectivity index (χ1v) is 8.04. The van der Waals surface area contributed by atoms with E-state index in [9.17, 15) is 0 Å². The fraction of sp³-hybridized carbons (Fsp3) is 0.643. The first kappa shape index (κ1) is 13.9. The maximum absolute atomic E-state index is 5.32. The van der Waals surface area contributed by atoms with Gasteiger partial charge in [0.05, 0.1) is 12.3 Å². The van der Waals surface area contributed by atoms with Crippen LogP contribution in [0.15, 0.2) is 11.6 Å². The van der Waals surface area contributed by atoms with Crippen LogP contribution in [0.5, 0.6) is 0 Å². The van der Waals surface area contributed by atoms with Crippen molar-refractivity contribution in [1.82, 2.24) is 14.7 Å². The SMILES string of the molecule is CNCc1c(N2CCCC(COC)C2)nc2sccn12. The first-order chi connectivity index (χ1) is 9.83. The lowest BCUT2D eigenvalue weighted by atomic mass is 9.99. The predicted molar refractivity (Wildman–Crippen MR) is 82.6 cm³/mol. The van der Waals surface area contributed by atoms with E-state index in [0.717, 1.165) is 37.0 Å². The maximum atomic E-state index is 5.32. The summed E-state index contributed by atoms with van der Waals surface area (Å²) in [4.78, 5) is 8.35. The van der Waals surface area contributed by atoms with Gasteiger partial charge in [-0.15, -0.1) is 11.3 Å². The Hall–Kier alpha value is -1.11. The number of thiazole rings is 1. The summed E-state index contributed by atoms with van der Waals surface area (Å²) in [5.41, 5.74) is 1.27. The molecule has 0 bridgehead atoms. The van der Waals surface area contributed by atoms with Crippen molar-refractivity contribution in [2.75, 3.05) is 38.8 Å². The zero-order chi connectivity index (χ0) is 13.9. The molecular weight excluding hydrogens is 272 g/mol. The lowest BCUT2D eigenvalue weighted by Crippen LogP contribution is -2.38. The van der Waals surface area contributed by atoms with Gasteiger partial charge in [0.1, 0.15) is 0 Å². The highest BCUT2D eigenvalue weighted by Crippen LogP contribution is 2.28. The van der Waals surface area contributed by atoms with Crippen LogP contribution in [-0.2, 0) is 11.3 Å². The third-order valence-corrected chi connectivity index (χ3v) is 4.66. The van der Waals surface area contributed by atoms with E-state index in [1.165, 1.54) is 18.5 Å². The molecular formula is C14H22N4OS. The van der Waals surface area contributed by atoms with Crippen LogP contribution in [-0.4, -0.2) is 43.2 Å². The summed E-state index contributed by atoms with van der Waals surface area (Å²) in [6, 6.07) is 0. The molecule has 2 aromatic heterocycles. The Bertz CT molecular complexity index is 563. The molecule has 1 saturated heterocycles. The molecule has 20 heavy (non-hydrogen) atoms. The molecule has 0 radical (unpaired) electrons. The summed E-state index contributed by atoms with van der Waals surface area (Å²) in [5, 5.41) is 5.35. The normalized spacial score (nSPS) is 19.9. The van der Waals surface area contributed by atoms with E-state index in [1.54, 1.807) is 18.4 Å². The van der Waals surface area contributed by atoms with E-state index < -0.39 is 0 Å². The van der Waals surface area contributed by atoms with Gasteiger partial charge in [0, 0.05) is 38.3 Å². The van der Waals surface area contributed by atoms with E-state index in [0.29, 0.717) is 5.92 Å². The van der Waals surface area contributed by atoms with Gasteiger partial charge in [0.25, 0.3) is 0 Å². The van der Waals surface area contributed by atoms with Crippen LogP contribution in [0.1, 0.15) is 18.5 Å². The second kappa shape index (κ2) is 6.11. The summed E-state index contributed by atoms with van der Waals surface area (Å²) in [5.74, 6) is 1.77. The zero-order valence-corrected chi connectivity index (χ0v) is 12.9. The molecule has 5 nitrogen and oxygen atoms in total. The Labute approximate surface area is 123 Å². The molecule has 1 aliphatic rings. The molecule has 3 heterocycles. The second-order valence-corrected chi connectivity index (χ2v) is 6.25. The largest absolute Gasteiger partial charge is 0.384 e. The van der Waals surface area contributed by atoms with Gasteiger partial charge >= 0.3 is 0 Å². The van der Waals surface area contributed by atoms with E-state index in [2.05, 4.69) is 26.2 Å². The molecule has 0 saturated carbocycles. The topological polar surface area (TPSA) is 41.8 Å². The van der Waals surface area contributed by atoms with E-state index in [4.69, 9.17) is 9.72 Å². The molecule has 0 amide bonds. The second-order valence-electron chi connectivity index (χ2n) is 5.38. The number of aromatic nitrogens is 2. The lowest BCUT2D eigenvalue weighted by Gasteiger charge is -2.33. The lowest BCUT2D eigenvalue weighted by molar-refractivity contribution is 0.143. The molecule has 1 fully saturated rings. The number of nitrogens with zero attached hydrogens (tertiary/aromatic N) is 3. The molecule has 6 heteroatoms. The Morgan fingerprint density at radius 1 is 1.55 bits per heavy atom. The fourth-order valence-electron chi connectivity index (χ4n) is 3.04. The van der Waals surface area contributed by atoms with Crippen LogP contribution in [0.3, 0.4) is 0 Å². The van der Waals surface area contributed by atoms with Gasteiger partial charge < -0.3 is 15.0 Å². The molecule has 1 aliphatic heterocycles. The number of rotatable bonds is 5. The number of ether oxygens (including phenoxy) is 1. The molecule has 1 unspecified atom stereocenters. The number of nitrogens with one attached hydrogen (secondary N) is 1. The van der Waals surface area contributed by atoms with Crippen LogP contribution < -0.4 is 10.2 Å². The van der Waals surface area contributed by atoms with Gasteiger partial charge in [-0.05, 0) is 25.8 Å². The molecule has 1 atom stereocenters. The summed E-state index contributed by atoms with van der Waals surface area (Å²) in [6.07, 6.45) is 4.59. The van der Waals surface area contributed by atoms with Gasteiger partial charge in [-0.2, -0.15) is 0 Å². The minimum absolute atomic E-state index is 0.621. The van der Waals surface area contributed by atoms with Gasteiger partial charge in [0.15, 0.2) is 10.8 Å². The van der Waals surface area contributed by atoms with Crippen LogP contribution >= 0.6 is 11.3 Å². The third kappa shape index (κ3) is 2.55. The number of hydrogen-bond acceptors (Lipinski definition) is 5. The van der Waals surface area contributed by atoms with Crippen molar-refractivity contribution in [3.63, 3.8) is 0 Å². The molecule has 2 aromatic rings. The Morgan fingerprint density at radius 3 is 3.25 bits per heavy atom. The van der Waals surface area contributed by atoms with E-state index in [1.807, 2.05) is 7.05 Å². The average molecular weight is 294 g/mol. The Morgan fingerprint density at radius 2 is 2.45 bits per heavy atom. The van der Waals surface area contributed by atoms with E-state index >= 15 is 0 Å². The number of anilines is 1. The van der Waals surface area contributed by atoms with Crippen molar-refractivity contribution in [3.8, 4) is 0 Å². The van der Waals surface area contributed by atoms with Crippen molar-refractivity contribution in [2.45, 2.75) is 19.4 Å². The fourth-order valence-corrected chi connectivity index (χ4v) is 3.76. The van der Waals surface area contributed by atoms with Crippen LogP contribution in [0, 0.1) is 5.92 Å². The summed E-state index contributed by atoms with van der Waals surface area (Å²) >= 11 is 1.70. The minimum Gasteiger partial charge on any atom is -0.384 e. The number of methoxy groups -OCH3 is 1. The summed E-state index contributed by atoms with van der Waals surface area (Å²) < 4.78 is 7.53. The van der Waals surface area contributed by atoms with Gasteiger partial charge in [-0.3, -0.25) is 4.40 Å². The van der Waals surface area contributed by atoms with Gasteiger partial charge in [-0.1, -0.05) is 0 Å². The van der Waals surface area contributed by atoms with Gasteiger partial charge in [-0.25, -0.2) is 4.98 Å². The summed E-state index contributed by atoms with van der Waals surface area (Å²) in [6.45, 7) is 3.84. The number of hydrogen-bond donors (Lipinski definition) is 1. The van der Waals surface area contributed by atoms with Crippen LogP contribution in [0.2, 0.25) is 0 Å². The molecule has 1 N–H and O–H groups in total. The first-order valence-electron chi connectivity index (χ1n) is 7.16. The van der Waals surface area contributed by atoms with Crippen molar-refractivity contribution in [1.29, 1.82) is 0 Å². The average Bonchev–Trinajstić information content (AvgIpc) is 3.02. The zero-order valence-electron chi connectivity index (χ0n) is 12.1. The van der Waals surface area contributed by atoms with Crippen molar-refractivity contribution in [2.24, 2.45) is 5.92 Å². The monoisotopic (exact) mass is 294 g/mol. The number of fused-ring (bicyclic) bond motifs is 1. The molecule has 0 aromatic carbocycles. The standard InChI is InChI=1S/C14H22N4OS/c1-15-8-12-13(16-14-18(12)6-7-20-14)17-5-3-4-11(9-17)10-19-2/h6-7,11,15H,3-5,8-10H2,1-2H3. The minimum atomic E-state index is 0.621. The maximum Gasteiger partial charge on any atom is 0.195 e. The molecule has 110 valence electrons. The molecule has 0 aliphatic carbocycles. The number of piperidine rings is 1. The highest BCUT2D eigenvalue weighted by Gasteiger charge is 2.24. The molecule has 3 rings (SSSR count). The smallest absolute Gasteiger partial charge is 0.195 e. The number of imidazole rings is 1. The molecule has 0 spiro atoms. The summed E-state index contributed by atoms with van der Waals surface area (Å²) in [7, 11) is 3.78. The predicted octanol–water partition coefficient (Wildman–Crippen LogP) is 1.98. The Balaban J connectivity index is 1.88. The van der Waals surface area contributed by atoms with Crippen molar-refractivity contribution in [3.05, 3.63) is 17.3 Å². The quantitative estimate of drug-likeness (QED) is 0.915. The Kier molecular flexibility index (Phi) is 4.24. The van der Waals surface area contributed by atoms with Crippen LogP contribution in [0.4, 0.5) is 5.82 Å². The van der Waals surface area contributed by atoms with Gasteiger partial charge in [0.2, 0.25) is 0 Å².